The third kappa shape index (κ3) is 2.45. The van der Waals surface area contributed by atoms with E-state index in [1.54, 1.807) is 17.8 Å². The SMILES string of the molecule is Oc1ccc(C(=S)NC2=NCCS2)c(O)c1. The largest absolute Gasteiger partial charge is 0.508 e. The van der Waals surface area contributed by atoms with Crippen molar-refractivity contribution in [2.45, 2.75) is 0 Å². The van der Waals surface area contributed by atoms with Gasteiger partial charge in [-0.15, -0.1) is 0 Å². The molecule has 1 aliphatic heterocycles. The highest BCUT2D eigenvalue weighted by Crippen LogP contribution is 2.23. The van der Waals surface area contributed by atoms with Crippen LogP contribution in [0.15, 0.2) is 23.2 Å². The molecule has 0 amide bonds. The zero-order valence-corrected chi connectivity index (χ0v) is 9.94. The minimum Gasteiger partial charge on any atom is -0.508 e. The van der Waals surface area contributed by atoms with Crippen LogP contribution in [0.4, 0.5) is 0 Å². The first-order valence-electron chi connectivity index (χ1n) is 4.67. The Hall–Kier alpha value is -1.27. The summed E-state index contributed by atoms with van der Waals surface area (Å²) in [6, 6.07) is 4.31. The fraction of sp³-hybridized carbons (Fsp3) is 0.200. The molecule has 1 aliphatic rings. The third-order valence-electron chi connectivity index (χ3n) is 2.03. The van der Waals surface area contributed by atoms with Crippen LogP contribution in [0.5, 0.6) is 11.5 Å². The minimum atomic E-state index is -0.0407. The van der Waals surface area contributed by atoms with Crippen LogP contribution < -0.4 is 5.32 Å². The van der Waals surface area contributed by atoms with E-state index < -0.39 is 0 Å². The smallest absolute Gasteiger partial charge is 0.161 e. The molecule has 0 bridgehead atoms. The van der Waals surface area contributed by atoms with E-state index in [9.17, 15) is 5.11 Å². The number of rotatable bonds is 1. The molecular weight excluding hydrogens is 244 g/mol. The van der Waals surface area contributed by atoms with E-state index in [-0.39, 0.29) is 11.5 Å². The first-order valence-corrected chi connectivity index (χ1v) is 6.07. The lowest BCUT2D eigenvalue weighted by atomic mass is 10.2. The summed E-state index contributed by atoms with van der Waals surface area (Å²) in [6.45, 7) is 0.789. The van der Waals surface area contributed by atoms with E-state index in [2.05, 4.69) is 10.3 Å². The Morgan fingerprint density at radius 1 is 1.44 bits per heavy atom. The maximum atomic E-state index is 9.60. The molecule has 0 saturated heterocycles. The second kappa shape index (κ2) is 4.71. The summed E-state index contributed by atoms with van der Waals surface area (Å²) in [6.07, 6.45) is 0. The maximum Gasteiger partial charge on any atom is 0.161 e. The molecule has 1 aromatic rings. The quantitative estimate of drug-likeness (QED) is 0.662. The molecule has 0 aliphatic carbocycles. The number of phenols is 2. The summed E-state index contributed by atoms with van der Waals surface area (Å²) in [5.41, 5.74) is 0.489. The van der Waals surface area contributed by atoms with Crippen LogP contribution >= 0.6 is 24.0 Å². The zero-order chi connectivity index (χ0) is 11.5. The Morgan fingerprint density at radius 2 is 2.25 bits per heavy atom. The Morgan fingerprint density at radius 3 is 2.88 bits per heavy atom. The van der Waals surface area contributed by atoms with Crippen molar-refractivity contribution in [2.24, 2.45) is 4.99 Å². The molecule has 0 unspecified atom stereocenters. The van der Waals surface area contributed by atoms with E-state index >= 15 is 0 Å². The molecule has 0 radical (unpaired) electrons. The second-order valence-corrected chi connectivity index (χ2v) is 4.68. The Labute approximate surface area is 102 Å². The molecule has 0 spiro atoms. The molecule has 16 heavy (non-hydrogen) atoms. The van der Waals surface area contributed by atoms with Gasteiger partial charge >= 0.3 is 0 Å². The van der Waals surface area contributed by atoms with Gasteiger partial charge in [0.2, 0.25) is 0 Å². The highest BCUT2D eigenvalue weighted by Gasteiger charge is 2.12. The van der Waals surface area contributed by atoms with E-state index in [0.717, 1.165) is 17.5 Å². The first kappa shape index (κ1) is 11.2. The van der Waals surface area contributed by atoms with Crippen LogP contribution in [0.3, 0.4) is 0 Å². The monoisotopic (exact) mass is 254 g/mol. The highest BCUT2D eigenvalue weighted by molar-refractivity contribution is 8.14. The molecule has 0 atom stereocenters. The topological polar surface area (TPSA) is 64.8 Å². The van der Waals surface area contributed by atoms with Gasteiger partial charge in [0.05, 0.1) is 12.1 Å². The lowest BCUT2D eigenvalue weighted by Gasteiger charge is -2.08. The van der Waals surface area contributed by atoms with Crippen LogP contribution in [0.2, 0.25) is 0 Å². The van der Waals surface area contributed by atoms with Crippen molar-refractivity contribution in [2.75, 3.05) is 12.3 Å². The molecule has 84 valence electrons. The lowest BCUT2D eigenvalue weighted by Crippen LogP contribution is -2.26. The summed E-state index contributed by atoms with van der Waals surface area (Å²) in [5.74, 6) is 0.921. The van der Waals surface area contributed by atoms with Crippen molar-refractivity contribution in [1.82, 2.24) is 5.32 Å². The highest BCUT2D eigenvalue weighted by atomic mass is 32.2. The summed E-state index contributed by atoms with van der Waals surface area (Å²) in [7, 11) is 0. The number of thioether (sulfide) groups is 1. The standard InChI is InChI=1S/C10H10N2O2S2/c13-6-1-2-7(8(14)5-6)9(15)12-10-11-3-4-16-10/h1-2,5,13-14H,3-4H2,(H,11,12,15). The summed E-state index contributed by atoms with van der Waals surface area (Å²) in [4.78, 5) is 4.61. The molecule has 1 heterocycles. The van der Waals surface area contributed by atoms with E-state index in [1.807, 2.05) is 0 Å². The molecule has 4 nitrogen and oxygen atoms in total. The van der Waals surface area contributed by atoms with E-state index in [0.29, 0.717) is 10.6 Å². The molecule has 0 fully saturated rings. The van der Waals surface area contributed by atoms with Crippen LogP contribution in [0.1, 0.15) is 5.56 Å². The number of aliphatic imine (C=N–C) groups is 1. The lowest BCUT2D eigenvalue weighted by molar-refractivity contribution is 0.450. The molecule has 2 rings (SSSR count). The first-order chi connectivity index (χ1) is 7.66. The average molecular weight is 254 g/mol. The third-order valence-corrected chi connectivity index (χ3v) is 3.25. The second-order valence-electron chi connectivity index (χ2n) is 3.19. The number of hydrogen-bond donors (Lipinski definition) is 3. The van der Waals surface area contributed by atoms with Gasteiger partial charge in [0.15, 0.2) is 5.17 Å². The number of nitrogens with one attached hydrogen (secondary N) is 1. The Kier molecular flexibility index (Phi) is 3.31. The van der Waals surface area contributed by atoms with Gasteiger partial charge in [-0.3, -0.25) is 4.99 Å². The van der Waals surface area contributed by atoms with Crippen molar-refractivity contribution in [3.63, 3.8) is 0 Å². The van der Waals surface area contributed by atoms with Gasteiger partial charge in [0, 0.05) is 11.8 Å². The summed E-state index contributed by atoms with van der Waals surface area (Å²) < 4.78 is 0. The van der Waals surface area contributed by atoms with Crippen molar-refractivity contribution in [1.29, 1.82) is 0 Å². The summed E-state index contributed by atoms with van der Waals surface area (Å²) >= 11 is 6.74. The normalized spacial score (nSPS) is 14.6. The average Bonchev–Trinajstić information content (AvgIpc) is 2.70. The number of phenolic OH excluding ortho intramolecular Hbond substituents is 2. The van der Waals surface area contributed by atoms with Gasteiger partial charge in [-0.1, -0.05) is 24.0 Å². The number of benzene rings is 1. The van der Waals surface area contributed by atoms with Gasteiger partial charge < -0.3 is 15.5 Å². The summed E-state index contributed by atoms with van der Waals surface area (Å²) in [5, 5.41) is 22.5. The van der Waals surface area contributed by atoms with E-state index in [4.69, 9.17) is 17.3 Å². The molecule has 1 aromatic carbocycles. The van der Waals surface area contributed by atoms with Crippen LogP contribution in [0, 0.1) is 0 Å². The van der Waals surface area contributed by atoms with Crippen molar-refractivity contribution < 1.29 is 10.2 Å². The van der Waals surface area contributed by atoms with Gasteiger partial charge in [-0.05, 0) is 12.1 Å². The maximum absolute atomic E-state index is 9.60. The fourth-order valence-electron chi connectivity index (χ4n) is 1.29. The number of aromatic hydroxyl groups is 2. The van der Waals surface area contributed by atoms with Crippen LogP contribution in [0.25, 0.3) is 0 Å². The van der Waals surface area contributed by atoms with Crippen molar-refractivity contribution in [3.8, 4) is 11.5 Å². The Balaban J connectivity index is 2.14. The minimum absolute atomic E-state index is 0.0108. The molecule has 3 N–H and O–H groups in total. The molecular formula is C10H10N2O2S2. The predicted octanol–water partition coefficient (Wildman–Crippen LogP) is 1.47. The van der Waals surface area contributed by atoms with Crippen molar-refractivity contribution in [3.05, 3.63) is 23.8 Å². The number of hydrogen-bond acceptors (Lipinski definition) is 5. The predicted molar refractivity (Wildman–Crippen MR) is 69.4 cm³/mol. The number of thiocarbonyl (C=S) groups is 1. The van der Waals surface area contributed by atoms with Gasteiger partial charge in [-0.2, -0.15) is 0 Å². The zero-order valence-electron chi connectivity index (χ0n) is 8.30. The van der Waals surface area contributed by atoms with Crippen molar-refractivity contribution >= 4 is 34.1 Å². The molecule has 0 saturated carbocycles. The van der Waals surface area contributed by atoms with Gasteiger partial charge in [0.25, 0.3) is 0 Å². The number of amidine groups is 1. The van der Waals surface area contributed by atoms with Crippen LogP contribution in [-0.4, -0.2) is 32.7 Å². The van der Waals surface area contributed by atoms with E-state index in [1.165, 1.54) is 12.1 Å². The molecule has 0 aromatic heterocycles. The molecule has 6 heteroatoms. The fourth-order valence-corrected chi connectivity index (χ4v) is 2.35. The Bertz CT molecular complexity index is 460. The number of nitrogens with zero attached hydrogens (tertiary/aromatic N) is 1. The van der Waals surface area contributed by atoms with Gasteiger partial charge in [0.1, 0.15) is 16.5 Å². The van der Waals surface area contributed by atoms with Crippen LogP contribution in [-0.2, 0) is 0 Å². The van der Waals surface area contributed by atoms with Gasteiger partial charge in [-0.25, -0.2) is 0 Å².